The highest BCUT2D eigenvalue weighted by molar-refractivity contribution is 9.10. The Kier molecular flexibility index (Phi) is 4.82. The van der Waals surface area contributed by atoms with Gasteiger partial charge in [0.25, 0.3) is 0 Å². The van der Waals surface area contributed by atoms with E-state index in [9.17, 15) is 4.39 Å². The molecule has 0 spiro atoms. The Bertz CT molecular complexity index is 588. The van der Waals surface area contributed by atoms with Gasteiger partial charge in [0.15, 0.2) is 11.6 Å². The zero-order chi connectivity index (χ0) is 13.8. The molecule has 0 aliphatic carbocycles. The van der Waals surface area contributed by atoms with Gasteiger partial charge in [0.1, 0.15) is 12.4 Å². The molecule has 0 radical (unpaired) electrons. The van der Waals surface area contributed by atoms with E-state index < -0.39 is 5.82 Å². The highest BCUT2D eigenvalue weighted by Gasteiger charge is 2.08. The predicted octanol–water partition coefficient (Wildman–Crippen LogP) is 4.94. The van der Waals surface area contributed by atoms with E-state index in [1.807, 2.05) is 18.2 Å². The fourth-order valence-electron chi connectivity index (χ4n) is 1.60. The van der Waals surface area contributed by atoms with Crippen molar-refractivity contribution >= 4 is 31.9 Å². The SMILES string of the molecule is COc1ccc(Br)cc1COc1cc(Br)ccc1F. The maximum Gasteiger partial charge on any atom is 0.165 e. The van der Waals surface area contributed by atoms with Crippen LogP contribution in [0.3, 0.4) is 0 Å². The van der Waals surface area contributed by atoms with Crippen LogP contribution in [0.15, 0.2) is 45.3 Å². The molecule has 2 aromatic carbocycles. The van der Waals surface area contributed by atoms with Crippen molar-refractivity contribution in [2.24, 2.45) is 0 Å². The third-order valence-corrected chi connectivity index (χ3v) is 3.51. The number of halogens is 3. The highest BCUT2D eigenvalue weighted by atomic mass is 79.9. The maximum atomic E-state index is 13.5. The van der Waals surface area contributed by atoms with Gasteiger partial charge in [-0.1, -0.05) is 31.9 Å². The van der Waals surface area contributed by atoms with Crippen molar-refractivity contribution in [3.8, 4) is 11.5 Å². The highest BCUT2D eigenvalue weighted by Crippen LogP contribution is 2.27. The van der Waals surface area contributed by atoms with E-state index in [0.717, 1.165) is 14.5 Å². The summed E-state index contributed by atoms with van der Waals surface area (Å²) >= 11 is 6.67. The summed E-state index contributed by atoms with van der Waals surface area (Å²) in [4.78, 5) is 0. The van der Waals surface area contributed by atoms with Gasteiger partial charge in [0, 0.05) is 14.5 Å². The monoisotopic (exact) mass is 388 g/mol. The van der Waals surface area contributed by atoms with Crippen molar-refractivity contribution in [2.75, 3.05) is 7.11 Å². The van der Waals surface area contributed by atoms with Crippen LogP contribution in [0.5, 0.6) is 11.5 Å². The van der Waals surface area contributed by atoms with Gasteiger partial charge in [-0.3, -0.25) is 0 Å². The first kappa shape index (κ1) is 14.3. The molecule has 0 aliphatic heterocycles. The Balaban J connectivity index is 2.18. The summed E-state index contributed by atoms with van der Waals surface area (Å²) in [6.45, 7) is 0.232. The number of methoxy groups -OCH3 is 1. The minimum atomic E-state index is -0.392. The van der Waals surface area contributed by atoms with Crippen molar-refractivity contribution in [2.45, 2.75) is 6.61 Å². The van der Waals surface area contributed by atoms with E-state index in [1.165, 1.54) is 6.07 Å². The average molecular weight is 390 g/mol. The Hall–Kier alpha value is -1.07. The van der Waals surface area contributed by atoms with Crippen molar-refractivity contribution in [1.29, 1.82) is 0 Å². The fourth-order valence-corrected chi connectivity index (χ4v) is 2.35. The second kappa shape index (κ2) is 6.39. The number of hydrogen-bond acceptors (Lipinski definition) is 2. The van der Waals surface area contributed by atoms with E-state index in [1.54, 1.807) is 19.2 Å². The molecule has 0 bridgehead atoms. The van der Waals surface area contributed by atoms with Gasteiger partial charge in [-0.15, -0.1) is 0 Å². The van der Waals surface area contributed by atoms with Crippen molar-refractivity contribution in [3.63, 3.8) is 0 Å². The summed E-state index contributed by atoms with van der Waals surface area (Å²) in [5, 5.41) is 0. The van der Waals surface area contributed by atoms with Crippen LogP contribution in [0.2, 0.25) is 0 Å². The van der Waals surface area contributed by atoms with Crippen LogP contribution in [-0.2, 0) is 6.61 Å². The molecule has 100 valence electrons. The summed E-state index contributed by atoms with van der Waals surface area (Å²) < 4.78 is 26.0. The molecular weight excluding hydrogens is 379 g/mol. The van der Waals surface area contributed by atoms with Gasteiger partial charge in [0.05, 0.1) is 7.11 Å². The number of rotatable bonds is 4. The lowest BCUT2D eigenvalue weighted by atomic mass is 10.2. The quantitative estimate of drug-likeness (QED) is 0.737. The first-order valence-corrected chi connectivity index (χ1v) is 7.09. The van der Waals surface area contributed by atoms with Crippen LogP contribution in [0.25, 0.3) is 0 Å². The smallest absolute Gasteiger partial charge is 0.165 e. The number of ether oxygens (including phenoxy) is 2. The first-order valence-electron chi connectivity index (χ1n) is 5.50. The van der Waals surface area contributed by atoms with Crippen LogP contribution >= 0.6 is 31.9 Å². The molecule has 0 aliphatic rings. The Morgan fingerprint density at radius 2 is 1.68 bits per heavy atom. The van der Waals surface area contributed by atoms with Crippen molar-refractivity contribution in [3.05, 3.63) is 56.7 Å². The third kappa shape index (κ3) is 3.70. The molecule has 0 saturated carbocycles. The van der Waals surface area contributed by atoms with Gasteiger partial charge in [-0.05, 0) is 36.4 Å². The van der Waals surface area contributed by atoms with Gasteiger partial charge >= 0.3 is 0 Å². The summed E-state index contributed by atoms with van der Waals surface area (Å²) in [5.74, 6) is 0.521. The zero-order valence-corrected chi connectivity index (χ0v) is 13.3. The molecule has 2 nitrogen and oxygen atoms in total. The van der Waals surface area contributed by atoms with E-state index in [2.05, 4.69) is 31.9 Å². The zero-order valence-electron chi connectivity index (χ0n) is 10.1. The van der Waals surface area contributed by atoms with Gasteiger partial charge in [0.2, 0.25) is 0 Å². The van der Waals surface area contributed by atoms with Crippen molar-refractivity contribution < 1.29 is 13.9 Å². The Morgan fingerprint density at radius 1 is 1.00 bits per heavy atom. The molecule has 0 amide bonds. The first-order chi connectivity index (χ1) is 9.10. The molecule has 5 heteroatoms. The minimum Gasteiger partial charge on any atom is -0.496 e. The molecule has 0 heterocycles. The largest absolute Gasteiger partial charge is 0.496 e. The molecular formula is C14H11Br2FO2. The second-order valence-electron chi connectivity index (χ2n) is 3.82. The van der Waals surface area contributed by atoms with E-state index in [0.29, 0.717) is 5.75 Å². The molecule has 19 heavy (non-hydrogen) atoms. The minimum absolute atomic E-state index is 0.205. The normalized spacial score (nSPS) is 10.3. The van der Waals surface area contributed by atoms with Crippen LogP contribution in [0.4, 0.5) is 4.39 Å². The second-order valence-corrected chi connectivity index (χ2v) is 5.65. The van der Waals surface area contributed by atoms with Crippen LogP contribution in [0, 0.1) is 5.82 Å². The van der Waals surface area contributed by atoms with E-state index in [-0.39, 0.29) is 12.4 Å². The summed E-state index contributed by atoms with van der Waals surface area (Å²) in [6.07, 6.45) is 0. The lowest BCUT2D eigenvalue weighted by Gasteiger charge is -2.11. The summed E-state index contributed by atoms with van der Waals surface area (Å²) in [7, 11) is 1.59. The molecule has 2 aromatic rings. The topological polar surface area (TPSA) is 18.5 Å². The lowest BCUT2D eigenvalue weighted by Crippen LogP contribution is -2.00. The van der Waals surface area contributed by atoms with Crippen molar-refractivity contribution in [1.82, 2.24) is 0 Å². The van der Waals surface area contributed by atoms with Gasteiger partial charge < -0.3 is 9.47 Å². The van der Waals surface area contributed by atoms with E-state index in [4.69, 9.17) is 9.47 Å². The van der Waals surface area contributed by atoms with Gasteiger partial charge in [-0.25, -0.2) is 4.39 Å². The lowest BCUT2D eigenvalue weighted by molar-refractivity contribution is 0.282. The third-order valence-electron chi connectivity index (χ3n) is 2.52. The molecule has 0 unspecified atom stereocenters. The predicted molar refractivity (Wildman–Crippen MR) is 79.1 cm³/mol. The number of benzene rings is 2. The Morgan fingerprint density at radius 3 is 2.42 bits per heavy atom. The summed E-state index contributed by atoms with van der Waals surface area (Å²) in [6, 6.07) is 10.2. The molecule has 0 N–H and O–H groups in total. The van der Waals surface area contributed by atoms with Crippen LogP contribution in [0.1, 0.15) is 5.56 Å². The van der Waals surface area contributed by atoms with Crippen LogP contribution in [-0.4, -0.2) is 7.11 Å². The fraction of sp³-hybridized carbons (Fsp3) is 0.143. The average Bonchev–Trinajstić information content (AvgIpc) is 2.40. The standard InChI is InChI=1S/C14H11Br2FO2/c1-18-13-5-3-10(15)6-9(13)8-19-14-7-11(16)2-4-12(14)17/h2-7H,8H2,1H3. The molecule has 0 atom stereocenters. The Labute approximate surface area is 127 Å². The summed E-state index contributed by atoms with van der Waals surface area (Å²) in [5.41, 5.74) is 0.844. The van der Waals surface area contributed by atoms with E-state index >= 15 is 0 Å². The molecule has 0 fully saturated rings. The van der Waals surface area contributed by atoms with Gasteiger partial charge in [-0.2, -0.15) is 0 Å². The molecule has 0 saturated heterocycles. The molecule has 0 aromatic heterocycles. The molecule has 2 rings (SSSR count). The number of hydrogen-bond donors (Lipinski definition) is 0. The van der Waals surface area contributed by atoms with Crippen LogP contribution < -0.4 is 9.47 Å². The maximum absolute atomic E-state index is 13.5.